The Bertz CT molecular complexity index is 1330. The maximum Gasteiger partial charge on any atom is 0.416 e. The van der Waals surface area contributed by atoms with Gasteiger partial charge in [0.1, 0.15) is 11.5 Å². The number of aromatic nitrogens is 5. The molecule has 2 aromatic heterocycles. The first-order chi connectivity index (χ1) is 16.3. The lowest BCUT2D eigenvalue weighted by atomic mass is 10.0. The highest BCUT2D eigenvalue weighted by Crippen LogP contribution is 2.38. The molecular formula is C20H10F9N5O. The lowest BCUT2D eigenvalue weighted by Gasteiger charge is -2.13. The van der Waals surface area contributed by atoms with Gasteiger partial charge in [-0.1, -0.05) is 11.3 Å². The fourth-order valence-electron chi connectivity index (χ4n) is 3.03. The van der Waals surface area contributed by atoms with Crippen molar-refractivity contribution < 1.29 is 43.9 Å². The van der Waals surface area contributed by atoms with Crippen LogP contribution in [0.4, 0.5) is 39.5 Å². The molecule has 2 aromatic carbocycles. The molecule has 2 heterocycles. The molecule has 0 saturated heterocycles. The zero-order valence-corrected chi connectivity index (χ0v) is 16.9. The highest BCUT2D eigenvalue weighted by molar-refractivity contribution is 5.61. The Hall–Kier alpha value is -3.91. The Labute approximate surface area is 189 Å². The van der Waals surface area contributed by atoms with E-state index in [0.717, 1.165) is 16.9 Å². The van der Waals surface area contributed by atoms with Crippen LogP contribution in [-0.2, 0) is 18.9 Å². The second kappa shape index (κ2) is 8.70. The average molecular weight is 507 g/mol. The van der Waals surface area contributed by atoms with Crippen molar-refractivity contribution in [1.82, 2.24) is 25.2 Å². The maximum atomic E-state index is 14.5. The van der Waals surface area contributed by atoms with Crippen LogP contribution in [0.1, 0.15) is 29.0 Å². The Kier molecular flexibility index (Phi) is 6.02. The van der Waals surface area contributed by atoms with E-state index < -0.39 is 47.2 Å². The second-order valence-electron chi connectivity index (χ2n) is 7.15. The minimum atomic E-state index is -5.04. The molecule has 184 valence electrons. The minimum absolute atomic E-state index is 0.00109. The molecule has 4 aromatic rings. The smallest absolute Gasteiger partial charge is 0.415 e. The van der Waals surface area contributed by atoms with E-state index in [9.17, 15) is 39.5 Å². The standard InChI is InChI=1S/C20H10F9N5O/c21-14-5-9(17-31-32-18(35-17)16(22)23)1-2-10(14)7-34-8-15(30-33-34)11-3-12(19(24,25)26)6-13(4-11)20(27,28)29/h1-6,8,16H,7H2. The average Bonchev–Trinajstić information content (AvgIpc) is 3.44. The van der Waals surface area contributed by atoms with Gasteiger partial charge in [-0.15, -0.1) is 15.3 Å². The van der Waals surface area contributed by atoms with Gasteiger partial charge in [0.05, 0.1) is 23.9 Å². The lowest BCUT2D eigenvalue weighted by Crippen LogP contribution is -2.11. The summed E-state index contributed by atoms with van der Waals surface area (Å²) < 4.78 is 124. The van der Waals surface area contributed by atoms with Crippen molar-refractivity contribution in [3.63, 3.8) is 0 Å². The molecule has 15 heteroatoms. The molecule has 0 aliphatic rings. The number of halogens is 9. The SMILES string of the molecule is Fc1cc(-c2nnc(C(F)F)o2)ccc1Cn1cc(-c2cc(C(F)(F)F)cc(C(F)(F)F)c2)nn1. The van der Waals surface area contributed by atoms with Gasteiger partial charge in [0.15, 0.2) is 0 Å². The monoisotopic (exact) mass is 507 g/mol. The van der Waals surface area contributed by atoms with Crippen LogP contribution in [0, 0.1) is 5.82 Å². The minimum Gasteiger partial charge on any atom is -0.415 e. The van der Waals surface area contributed by atoms with E-state index in [0.29, 0.717) is 12.1 Å². The van der Waals surface area contributed by atoms with Crippen molar-refractivity contribution in [2.75, 3.05) is 0 Å². The molecular weight excluding hydrogens is 497 g/mol. The highest BCUT2D eigenvalue weighted by atomic mass is 19.4. The third kappa shape index (κ3) is 5.27. The molecule has 0 saturated carbocycles. The van der Waals surface area contributed by atoms with Crippen molar-refractivity contribution in [2.24, 2.45) is 0 Å². The summed E-state index contributed by atoms with van der Waals surface area (Å²) in [5.74, 6) is -2.13. The van der Waals surface area contributed by atoms with E-state index in [4.69, 9.17) is 4.42 Å². The predicted molar refractivity (Wildman–Crippen MR) is 99.2 cm³/mol. The summed E-state index contributed by atoms with van der Waals surface area (Å²) in [5.41, 5.74) is -3.82. The van der Waals surface area contributed by atoms with Crippen LogP contribution in [0.15, 0.2) is 47.0 Å². The number of alkyl halides is 8. The van der Waals surface area contributed by atoms with E-state index in [-0.39, 0.29) is 35.3 Å². The van der Waals surface area contributed by atoms with Crippen LogP contribution in [0.5, 0.6) is 0 Å². The Morgan fingerprint density at radius 2 is 1.49 bits per heavy atom. The first-order valence-electron chi connectivity index (χ1n) is 9.41. The molecule has 0 radical (unpaired) electrons. The van der Waals surface area contributed by atoms with E-state index in [1.165, 1.54) is 12.1 Å². The van der Waals surface area contributed by atoms with Gasteiger partial charge in [0.2, 0.25) is 5.89 Å². The summed E-state index contributed by atoms with van der Waals surface area (Å²) >= 11 is 0. The molecule has 35 heavy (non-hydrogen) atoms. The zero-order chi connectivity index (χ0) is 25.5. The molecule has 4 rings (SSSR count). The molecule has 0 bridgehead atoms. The van der Waals surface area contributed by atoms with Gasteiger partial charge < -0.3 is 4.42 Å². The third-order valence-electron chi connectivity index (χ3n) is 4.68. The van der Waals surface area contributed by atoms with Gasteiger partial charge in [-0.05, 0) is 30.3 Å². The first kappa shape index (κ1) is 24.2. The fourth-order valence-corrected chi connectivity index (χ4v) is 3.03. The molecule has 0 aliphatic carbocycles. The summed E-state index contributed by atoms with van der Waals surface area (Å²) in [7, 11) is 0. The zero-order valence-electron chi connectivity index (χ0n) is 16.9. The fraction of sp³-hybridized carbons (Fsp3) is 0.200. The second-order valence-corrected chi connectivity index (χ2v) is 7.15. The van der Waals surface area contributed by atoms with Gasteiger partial charge in [0, 0.05) is 16.7 Å². The molecule has 0 amide bonds. The molecule has 6 nitrogen and oxygen atoms in total. The third-order valence-corrected chi connectivity index (χ3v) is 4.68. The lowest BCUT2D eigenvalue weighted by molar-refractivity contribution is -0.143. The molecule has 0 N–H and O–H groups in total. The normalized spacial score (nSPS) is 12.5. The van der Waals surface area contributed by atoms with Crippen molar-refractivity contribution in [1.29, 1.82) is 0 Å². The maximum absolute atomic E-state index is 14.5. The number of nitrogens with zero attached hydrogens (tertiary/aromatic N) is 5. The number of hydrogen-bond acceptors (Lipinski definition) is 5. The number of rotatable bonds is 5. The van der Waals surface area contributed by atoms with Crippen LogP contribution >= 0.6 is 0 Å². The summed E-state index contributed by atoms with van der Waals surface area (Å²) in [6, 6.07) is 4.44. The Morgan fingerprint density at radius 3 is 2.03 bits per heavy atom. The summed E-state index contributed by atoms with van der Waals surface area (Å²) in [6.45, 7) is -0.295. The van der Waals surface area contributed by atoms with Gasteiger partial charge >= 0.3 is 18.8 Å². The van der Waals surface area contributed by atoms with Gasteiger partial charge in [-0.25, -0.2) is 9.07 Å². The molecule has 0 spiro atoms. The summed E-state index contributed by atoms with van der Waals surface area (Å²) in [4.78, 5) is 0. The Morgan fingerprint density at radius 1 is 0.829 bits per heavy atom. The summed E-state index contributed by atoms with van der Waals surface area (Å²) in [5, 5.41) is 13.8. The van der Waals surface area contributed by atoms with Crippen molar-refractivity contribution >= 4 is 0 Å². The molecule has 0 fully saturated rings. The largest absolute Gasteiger partial charge is 0.416 e. The van der Waals surface area contributed by atoms with Gasteiger partial charge in [0.25, 0.3) is 5.89 Å². The van der Waals surface area contributed by atoms with Crippen LogP contribution in [0.25, 0.3) is 22.7 Å². The Balaban J connectivity index is 1.60. The van der Waals surface area contributed by atoms with E-state index in [1.54, 1.807) is 0 Å². The highest BCUT2D eigenvalue weighted by Gasteiger charge is 2.37. The molecule has 0 aliphatic heterocycles. The quantitative estimate of drug-likeness (QED) is 0.303. The van der Waals surface area contributed by atoms with Crippen LogP contribution in [0.3, 0.4) is 0 Å². The van der Waals surface area contributed by atoms with Crippen molar-refractivity contribution in [2.45, 2.75) is 25.3 Å². The van der Waals surface area contributed by atoms with Crippen molar-refractivity contribution in [3.05, 3.63) is 71.0 Å². The molecule has 0 unspecified atom stereocenters. The van der Waals surface area contributed by atoms with Crippen molar-refractivity contribution in [3.8, 4) is 22.7 Å². The van der Waals surface area contributed by atoms with Crippen LogP contribution < -0.4 is 0 Å². The molecule has 0 atom stereocenters. The van der Waals surface area contributed by atoms with Gasteiger partial charge in [-0.2, -0.15) is 35.1 Å². The topological polar surface area (TPSA) is 69.6 Å². The predicted octanol–water partition coefficient (Wildman–Crippen LogP) is 6.16. The number of hydrogen-bond donors (Lipinski definition) is 0. The van der Waals surface area contributed by atoms with Crippen LogP contribution in [0.2, 0.25) is 0 Å². The van der Waals surface area contributed by atoms with Gasteiger partial charge in [-0.3, -0.25) is 0 Å². The summed E-state index contributed by atoms with van der Waals surface area (Å²) in [6.07, 6.45) is -12.0. The van der Waals surface area contributed by atoms with E-state index in [2.05, 4.69) is 20.5 Å². The first-order valence-corrected chi connectivity index (χ1v) is 9.41. The van der Waals surface area contributed by atoms with Crippen LogP contribution in [-0.4, -0.2) is 25.2 Å². The van der Waals surface area contributed by atoms with E-state index in [1.807, 2.05) is 0 Å². The van der Waals surface area contributed by atoms with E-state index >= 15 is 0 Å². The number of benzene rings is 2.